The average molecular weight is 259 g/mol. The fourth-order valence-electron chi connectivity index (χ4n) is 2.09. The maximum atomic E-state index is 2.28. The van der Waals surface area contributed by atoms with Crippen molar-refractivity contribution in [1.82, 2.24) is 0 Å². The van der Waals surface area contributed by atoms with Crippen molar-refractivity contribution in [3.63, 3.8) is 0 Å². The Labute approximate surface area is 96.5 Å². The van der Waals surface area contributed by atoms with Gasteiger partial charge in [-0.1, -0.05) is 0 Å². The van der Waals surface area contributed by atoms with Gasteiger partial charge >= 0.3 is 96.4 Å². The molecule has 0 atom stereocenters. The normalized spacial score (nSPS) is 13.9. The summed E-state index contributed by atoms with van der Waals surface area (Å²) in [5, 5.41) is 2.55. The summed E-state index contributed by atoms with van der Waals surface area (Å²) in [6.07, 6.45) is 0. The fourth-order valence-corrected chi connectivity index (χ4v) is 4.28. The third-order valence-corrected chi connectivity index (χ3v) is 5.00. The van der Waals surface area contributed by atoms with Crippen molar-refractivity contribution in [3.05, 3.63) is 59.7 Å². The molecule has 0 spiro atoms. The molecule has 15 heavy (non-hydrogen) atoms. The van der Waals surface area contributed by atoms with Gasteiger partial charge in [0, 0.05) is 0 Å². The van der Waals surface area contributed by atoms with Crippen molar-refractivity contribution in [2.24, 2.45) is 0 Å². The van der Waals surface area contributed by atoms with Gasteiger partial charge in [-0.25, -0.2) is 0 Å². The molecule has 2 aromatic carbocycles. The molecule has 74 valence electrons. The summed E-state index contributed by atoms with van der Waals surface area (Å²) in [5.74, 6) is 0. The summed E-state index contributed by atoms with van der Waals surface area (Å²) < 4.78 is 0. The molecule has 1 aliphatic rings. The van der Waals surface area contributed by atoms with E-state index in [0.717, 1.165) is 15.0 Å². The predicted molar refractivity (Wildman–Crippen MR) is 65.0 cm³/mol. The SMILES string of the molecule is c1ccc2c(c1)C[Se]Cc1ccccc1-2. The molecule has 0 radical (unpaired) electrons. The molecule has 0 unspecified atom stereocenters. The molecular weight excluding hydrogens is 247 g/mol. The van der Waals surface area contributed by atoms with Crippen LogP contribution in [-0.2, 0) is 10.6 Å². The van der Waals surface area contributed by atoms with Crippen molar-refractivity contribution in [2.45, 2.75) is 10.6 Å². The van der Waals surface area contributed by atoms with E-state index in [2.05, 4.69) is 48.5 Å². The first-order chi connectivity index (χ1) is 7.45. The molecule has 0 N–H and O–H groups in total. The number of hydrogen-bond acceptors (Lipinski definition) is 0. The molecular formula is C14H12Se. The van der Waals surface area contributed by atoms with Gasteiger partial charge in [-0.05, 0) is 0 Å². The summed E-state index contributed by atoms with van der Waals surface area (Å²) in [7, 11) is 0. The van der Waals surface area contributed by atoms with E-state index < -0.39 is 0 Å². The number of hydrogen-bond donors (Lipinski definition) is 0. The van der Waals surface area contributed by atoms with Gasteiger partial charge in [0.05, 0.1) is 0 Å². The van der Waals surface area contributed by atoms with E-state index in [1.165, 1.54) is 32.9 Å². The monoisotopic (exact) mass is 260 g/mol. The van der Waals surface area contributed by atoms with Crippen LogP contribution in [0.1, 0.15) is 11.1 Å². The number of fused-ring (bicyclic) bond motifs is 3. The van der Waals surface area contributed by atoms with Crippen LogP contribution < -0.4 is 0 Å². The second-order valence-corrected chi connectivity index (χ2v) is 5.87. The van der Waals surface area contributed by atoms with E-state index in [1.54, 1.807) is 0 Å². The van der Waals surface area contributed by atoms with Crippen LogP contribution in [0.5, 0.6) is 0 Å². The van der Waals surface area contributed by atoms with Crippen molar-refractivity contribution in [2.75, 3.05) is 0 Å². The summed E-state index contributed by atoms with van der Waals surface area (Å²) in [6, 6.07) is 17.7. The van der Waals surface area contributed by atoms with E-state index in [1.807, 2.05) is 0 Å². The van der Waals surface area contributed by atoms with Gasteiger partial charge in [0.1, 0.15) is 0 Å². The molecule has 0 saturated carbocycles. The molecule has 0 nitrogen and oxygen atoms in total. The van der Waals surface area contributed by atoms with Crippen molar-refractivity contribution >= 4 is 15.0 Å². The van der Waals surface area contributed by atoms with E-state index in [0.29, 0.717) is 0 Å². The third-order valence-electron chi connectivity index (χ3n) is 2.84. The Morgan fingerprint density at radius 2 is 1.13 bits per heavy atom. The third kappa shape index (κ3) is 1.62. The van der Waals surface area contributed by atoms with Crippen LogP contribution >= 0.6 is 0 Å². The Morgan fingerprint density at radius 1 is 0.667 bits per heavy atom. The van der Waals surface area contributed by atoms with Gasteiger partial charge in [0.2, 0.25) is 0 Å². The molecule has 2 aromatic rings. The second kappa shape index (κ2) is 3.84. The Bertz CT molecular complexity index is 443. The van der Waals surface area contributed by atoms with Crippen molar-refractivity contribution in [1.29, 1.82) is 0 Å². The summed E-state index contributed by atoms with van der Waals surface area (Å²) in [6.45, 7) is 0. The molecule has 1 aliphatic heterocycles. The molecule has 0 aliphatic carbocycles. The second-order valence-electron chi connectivity index (χ2n) is 3.81. The van der Waals surface area contributed by atoms with Crippen LogP contribution in [0.2, 0.25) is 0 Å². The topological polar surface area (TPSA) is 0 Å². The Hall–Kier alpha value is -1.04. The Kier molecular flexibility index (Phi) is 2.36. The number of benzene rings is 2. The standard InChI is InChI=1S/C14H12Se/c1-3-7-13-11(5-1)9-15-10-12-6-2-4-8-14(12)13/h1-8H,9-10H2. The maximum absolute atomic E-state index is 2.28. The fraction of sp³-hybridized carbons (Fsp3) is 0.143. The first-order valence-corrected chi connectivity index (χ1v) is 7.61. The van der Waals surface area contributed by atoms with Crippen molar-refractivity contribution < 1.29 is 0 Å². The molecule has 3 rings (SSSR count). The molecule has 0 fully saturated rings. The summed E-state index contributed by atoms with van der Waals surface area (Å²) in [4.78, 5) is 0. The molecule has 0 amide bonds. The van der Waals surface area contributed by atoms with Gasteiger partial charge in [-0.3, -0.25) is 0 Å². The van der Waals surface area contributed by atoms with Crippen LogP contribution in [0.3, 0.4) is 0 Å². The van der Waals surface area contributed by atoms with Gasteiger partial charge in [0.15, 0.2) is 0 Å². The Balaban J connectivity index is 2.27. The number of rotatable bonds is 0. The van der Waals surface area contributed by atoms with E-state index in [-0.39, 0.29) is 0 Å². The minimum atomic E-state index is 0.725. The quantitative estimate of drug-likeness (QED) is 0.638. The van der Waals surface area contributed by atoms with Crippen LogP contribution in [-0.4, -0.2) is 15.0 Å². The van der Waals surface area contributed by atoms with Crippen LogP contribution in [0, 0.1) is 0 Å². The molecule has 1 heteroatoms. The summed E-state index contributed by atoms with van der Waals surface area (Å²) >= 11 is 0.725. The van der Waals surface area contributed by atoms with Crippen LogP contribution in [0.15, 0.2) is 48.5 Å². The Morgan fingerprint density at radius 3 is 1.67 bits per heavy atom. The average Bonchev–Trinajstić information content (AvgIpc) is 2.48. The van der Waals surface area contributed by atoms with E-state index in [9.17, 15) is 0 Å². The predicted octanol–water partition coefficient (Wildman–Crippen LogP) is 3.07. The molecule has 0 bridgehead atoms. The zero-order chi connectivity index (χ0) is 10.1. The minimum absolute atomic E-state index is 0.725. The van der Waals surface area contributed by atoms with Gasteiger partial charge < -0.3 is 0 Å². The van der Waals surface area contributed by atoms with Crippen LogP contribution in [0.25, 0.3) is 11.1 Å². The first-order valence-electron chi connectivity index (χ1n) is 5.19. The molecule has 1 heterocycles. The zero-order valence-electron chi connectivity index (χ0n) is 8.44. The first kappa shape index (κ1) is 9.20. The van der Waals surface area contributed by atoms with E-state index in [4.69, 9.17) is 0 Å². The molecule has 0 saturated heterocycles. The zero-order valence-corrected chi connectivity index (χ0v) is 10.2. The van der Waals surface area contributed by atoms with Crippen LogP contribution in [0.4, 0.5) is 0 Å². The van der Waals surface area contributed by atoms with Gasteiger partial charge in [-0.15, -0.1) is 0 Å². The van der Waals surface area contributed by atoms with Gasteiger partial charge in [-0.2, -0.15) is 0 Å². The van der Waals surface area contributed by atoms with Crippen molar-refractivity contribution in [3.8, 4) is 11.1 Å². The van der Waals surface area contributed by atoms with Gasteiger partial charge in [0.25, 0.3) is 0 Å². The summed E-state index contributed by atoms with van der Waals surface area (Å²) in [5.41, 5.74) is 5.96. The van der Waals surface area contributed by atoms with E-state index >= 15 is 0 Å². The molecule has 0 aromatic heterocycles.